The third-order valence-corrected chi connectivity index (χ3v) is 7.73. The Kier molecular flexibility index (Phi) is 7.93. The lowest BCUT2D eigenvalue weighted by Crippen LogP contribution is -2.35. The number of ether oxygens (including phenoxy) is 1. The van der Waals surface area contributed by atoms with Crippen LogP contribution in [-0.4, -0.2) is 40.6 Å². The maximum atomic E-state index is 16.2. The van der Waals surface area contributed by atoms with Gasteiger partial charge in [-0.25, -0.2) is 18.7 Å². The number of pyridine rings is 1. The maximum absolute atomic E-state index is 16.2. The minimum Gasteiger partial charge on any atom is -0.496 e. The van der Waals surface area contributed by atoms with Gasteiger partial charge < -0.3 is 20.7 Å². The predicted molar refractivity (Wildman–Crippen MR) is 162 cm³/mol. The molecule has 1 atom stereocenters. The molecule has 5 aromatic rings. The number of aromatic nitrogens is 3. The van der Waals surface area contributed by atoms with Crippen LogP contribution in [0.25, 0.3) is 33.3 Å². The number of benzene rings is 3. The minimum atomic E-state index is -0.504. The van der Waals surface area contributed by atoms with Gasteiger partial charge in [0.05, 0.1) is 12.6 Å². The van der Waals surface area contributed by atoms with Gasteiger partial charge in [-0.2, -0.15) is 0 Å². The zero-order valence-electron chi connectivity index (χ0n) is 23.7. The van der Waals surface area contributed by atoms with Gasteiger partial charge in [-0.3, -0.25) is 9.78 Å². The van der Waals surface area contributed by atoms with Crippen molar-refractivity contribution < 1.29 is 18.3 Å². The first-order chi connectivity index (χ1) is 20.9. The lowest BCUT2D eigenvalue weighted by molar-refractivity contribution is -0.119. The van der Waals surface area contributed by atoms with E-state index in [1.54, 1.807) is 48.9 Å². The first kappa shape index (κ1) is 28.2. The fraction of sp³-hybridized carbons (Fsp3) is 0.212. The number of rotatable bonds is 9. The fourth-order valence-corrected chi connectivity index (χ4v) is 5.46. The summed E-state index contributed by atoms with van der Waals surface area (Å²) in [6.07, 6.45) is 6.13. The number of methoxy groups -OCH3 is 1. The van der Waals surface area contributed by atoms with E-state index in [4.69, 9.17) is 4.74 Å². The number of hydrogen-bond donors (Lipinski definition) is 3. The molecule has 1 saturated heterocycles. The first-order valence-corrected chi connectivity index (χ1v) is 14.0. The van der Waals surface area contributed by atoms with Crippen molar-refractivity contribution in [3.8, 4) is 28.0 Å². The van der Waals surface area contributed by atoms with Crippen LogP contribution < -0.4 is 20.7 Å². The first-order valence-electron chi connectivity index (χ1n) is 14.0. The molecule has 1 aliphatic rings. The fourth-order valence-electron chi connectivity index (χ4n) is 5.46. The van der Waals surface area contributed by atoms with Gasteiger partial charge in [-0.05, 0) is 54.3 Å². The molecular formula is C33H30F2N6O2. The smallest absolute Gasteiger partial charge is 0.220 e. The Morgan fingerprint density at radius 3 is 2.58 bits per heavy atom. The zero-order chi connectivity index (χ0) is 29.9. The third kappa shape index (κ3) is 5.74. The van der Waals surface area contributed by atoms with Gasteiger partial charge in [-0.15, -0.1) is 0 Å². The molecule has 10 heteroatoms. The van der Waals surface area contributed by atoms with Crippen molar-refractivity contribution in [3.63, 3.8) is 0 Å². The quantitative estimate of drug-likeness (QED) is 0.195. The van der Waals surface area contributed by atoms with Gasteiger partial charge in [0.2, 0.25) is 5.91 Å². The summed E-state index contributed by atoms with van der Waals surface area (Å²) < 4.78 is 37.1. The van der Waals surface area contributed by atoms with Crippen molar-refractivity contribution >= 4 is 28.4 Å². The molecule has 0 saturated carbocycles. The van der Waals surface area contributed by atoms with Crippen LogP contribution in [0.2, 0.25) is 0 Å². The second kappa shape index (κ2) is 12.1. The van der Waals surface area contributed by atoms with E-state index in [-0.39, 0.29) is 24.1 Å². The SMILES string of the molecule is COc1cc(-c2cccc(-c3cccc(Nc4nccc5nccnc45)c3C)c2F)cc(F)c1CNCC1CCC(=O)N1. The molecule has 1 unspecified atom stereocenters. The summed E-state index contributed by atoms with van der Waals surface area (Å²) in [4.78, 5) is 24.6. The number of carbonyl (C=O) groups excluding carboxylic acids is 1. The Hall–Kier alpha value is -4.96. The van der Waals surface area contributed by atoms with Gasteiger partial charge in [0.15, 0.2) is 5.82 Å². The van der Waals surface area contributed by atoms with Crippen molar-refractivity contribution in [1.29, 1.82) is 0 Å². The van der Waals surface area contributed by atoms with Gasteiger partial charge in [0.1, 0.15) is 22.9 Å². The lowest BCUT2D eigenvalue weighted by atomic mass is 9.94. The zero-order valence-corrected chi connectivity index (χ0v) is 23.7. The van der Waals surface area contributed by atoms with Gasteiger partial charge in [-0.1, -0.05) is 30.3 Å². The van der Waals surface area contributed by atoms with Crippen molar-refractivity contribution in [1.82, 2.24) is 25.6 Å². The Bertz CT molecular complexity index is 1820. The van der Waals surface area contributed by atoms with Crippen molar-refractivity contribution in [2.45, 2.75) is 32.4 Å². The molecule has 0 spiro atoms. The Balaban J connectivity index is 1.29. The predicted octanol–water partition coefficient (Wildman–Crippen LogP) is 6.07. The second-order valence-electron chi connectivity index (χ2n) is 10.4. The Morgan fingerprint density at radius 2 is 1.77 bits per heavy atom. The van der Waals surface area contributed by atoms with E-state index in [1.807, 2.05) is 25.1 Å². The number of hydrogen-bond acceptors (Lipinski definition) is 7. The Morgan fingerprint density at radius 1 is 0.977 bits per heavy atom. The summed E-state index contributed by atoms with van der Waals surface area (Å²) in [6.45, 7) is 2.63. The van der Waals surface area contributed by atoms with E-state index in [9.17, 15) is 4.79 Å². The largest absolute Gasteiger partial charge is 0.496 e. The third-order valence-electron chi connectivity index (χ3n) is 7.73. The van der Waals surface area contributed by atoms with E-state index in [0.29, 0.717) is 57.8 Å². The van der Waals surface area contributed by atoms with E-state index in [1.165, 1.54) is 13.2 Å². The lowest BCUT2D eigenvalue weighted by Gasteiger charge is -2.17. The molecule has 43 heavy (non-hydrogen) atoms. The Labute approximate surface area is 247 Å². The summed E-state index contributed by atoms with van der Waals surface area (Å²) >= 11 is 0. The molecule has 0 radical (unpaired) electrons. The van der Waals surface area contributed by atoms with Crippen molar-refractivity contribution in [2.75, 3.05) is 19.0 Å². The molecule has 218 valence electrons. The molecule has 1 fully saturated rings. The summed E-state index contributed by atoms with van der Waals surface area (Å²) in [5.41, 5.74) is 4.92. The minimum absolute atomic E-state index is 0.0202. The van der Waals surface area contributed by atoms with Crippen molar-refractivity contribution in [2.24, 2.45) is 0 Å². The highest BCUT2D eigenvalue weighted by Crippen LogP contribution is 2.37. The molecule has 1 aliphatic heterocycles. The van der Waals surface area contributed by atoms with Crippen LogP contribution in [0.3, 0.4) is 0 Å². The monoisotopic (exact) mass is 580 g/mol. The van der Waals surface area contributed by atoms with Gasteiger partial charge in [0.25, 0.3) is 0 Å². The molecule has 2 aromatic heterocycles. The molecule has 3 heterocycles. The number of anilines is 2. The number of fused-ring (bicyclic) bond motifs is 1. The second-order valence-corrected chi connectivity index (χ2v) is 10.4. The number of carbonyl (C=O) groups is 1. The number of nitrogens with zero attached hydrogens (tertiary/aromatic N) is 3. The average Bonchev–Trinajstić information content (AvgIpc) is 3.44. The van der Waals surface area contributed by atoms with Crippen LogP contribution in [-0.2, 0) is 11.3 Å². The van der Waals surface area contributed by atoms with Crippen LogP contribution in [0.5, 0.6) is 5.75 Å². The average molecular weight is 581 g/mol. The summed E-state index contributed by atoms with van der Waals surface area (Å²) in [5, 5.41) is 9.41. The molecule has 8 nitrogen and oxygen atoms in total. The van der Waals surface area contributed by atoms with Crippen LogP contribution >= 0.6 is 0 Å². The van der Waals surface area contributed by atoms with Crippen LogP contribution in [0.15, 0.2) is 73.2 Å². The van der Waals surface area contributed by atoms with Gasteiger partial charge in [0, 0.05) is 66.5 Å². The summed E-state index contributed by atoms with van der Waals surface area (Å²) in [7, 11) is 1.46. The highest BCUT2D eigenvalue weighted by Gasteiger charge is 2.22. The maximum Gasteiger partial charge on any atom is 0.220 e. The number of amides is 1. The number of halogens is 2. The van der Waals surface area contributed by atoms with E-state index in [2.05, 4.69) is 30.9 Å². The summed E-state index contributed by atoms with van der Waals surface area (Å²) in [5.74, 6) is -0.0866. The molecule has 0 aliphatic carbocycles. The molecule has 3 N–H and O–H groups in total. The van der Waals surface area contributed by atoms with Crippen LogP contribution in [0, 0.1) is 18.6 Å². The van der Waals surface area contributed by atoms with E-state index < -0.39 is 11.6 Å². The molecule has 6 rings (SSSR count). The van der Waals surface area contributed by atoms with Crippen molar-refractivity contribution in [3.05, 3.63) is 95.9 Å². The van der Waals surface area contributed by atoms with Crippen LogP contribution in [0.1, 0.15) is 24.0 Å². The standard InChI is InChI=1S/C33H30F2N6O2/c1-19-22(5-4-8-27(19)41-33-32-28(11-12-39-33)37-13-14-38-32)24-7-3-6-23(31(24)35)20-15-26(34)25(29(16-20)43-2)18-36-17-21-9-10-30(42)40-21/h3-8,11-16,21,36H,9-10,17-18H2,1-2H3,(H,39,41)(H,40,42). The highest BCUT2D eigenvalue weighted by molar-refractivity contribution is 5.88. The van der Waals surface area contributed by atoms with E-state index in [0.717, 1.165) is 17.7 Å². The molecular weight excluding hydrogens is 550 g/mol. The molecule has 3 aromatic carbocycles. The number of nitrogens with one attached hydrogen (secondary N) is 3. The van der Waals surface area contributed by atoms with Crippen LogP contribution in [0.4, 0.5) is 20.3 Å². The molecule has 0 bridgehead atoms. The molecule has 1 amide bonds. The topological polar surface area (TPSA) is 101 Å². The van der Waals surface area contributed by atoms with E-state index >= 15 is 8.78 Å². The van der Waals surface area contributed by atoms with Gasteiger partial charge >= 0.3 is 0 Å². The summed E-state index contributed by atoms with van der Waals surface area (Å²) in [6, 6.07) is 15.5. The highest BCUT2D eigenvalue weighted by atomic mass is 19.1. The normalized spacial score (nSPS) is 14.6.